The molecule has 0 aliphatic heterocycles. The van der Waals surface area contributed by atoms with Gasteiger partial charge in [0.15, 0.2) is 0 Å². The molecule has 15 heavy (non-hydrogen) atoms. The van der Waals surface area contributed by atoms with E-state index in [9.17, 15) is 13.2 Å². The molecular weight excluding hydrogens is 207 g/mol. The van der Waals surface area contributed by atoms with E-state index in [0.29, 0.717) is 0 Å². The van der Waals surface area contributed by atoms with Gasteiger partial charge in [-0.2, -0.15) is 13.2 Å². The Morgan fingerprint density at radius 3 is 2.40 bits per heavy atom. The molecule has 0 radical (unpaired) electrons. The molecule has 0 aliphatic rings. The fourth-order valence-corrected chi connectivity index (χ4v) is 1.24. The third kappa shape index (κ3) is 11.6. The molecule has 0 saturated carbocycles. The van der Waals surface area contributed by atoms with Crippen LogP contribution in [0.4, 0.5) is 13.2 Å². The van der Waals surface area contributed by atoms with Crippen LogP contribution in [0.25, 0.3) is 0 Å². The molecule has 0 rings (SSSR count). The van der Waals surface area contributed by atoms with Crippen molar-refractivity contribution in [2.45, 2.75) is 51.2 Å². The number of halogens is 3. The van der Waals surface area contributed by atoms with Crippen molar-refractivity contribution in [3.8, 4) is 0 Å². The summed E-state index contributed by atoms with van der Waals surface area (Å²) in [7, 11) is 0. The lowest BCUT2D eigenvalue weighted by Crippen LogP contribution is -2.29. The largest absolute Gasteiger partial charge is 0.411 e. The minimum absolute atomic E-state index is 0.00830. The first-order valence-electron chi connectivity index (χ1n) is 5.35. The number of hydrogen-bond acceptors (Lipinski definition) is 2. The van der Waals surface area contributed by atoms with Crippen LogP contribution in [-0.2, 0) is 4.74 Å². The fourth-order valence-electron chi connectivity index (χ4n) is 1.24. The van der Waals surface area contributed by atoms with Gasteiger partial charge in [0, 0.05) is 6.04 Å². The second-order valence-electron chi connectivity index (χ2n) is 3.74. The van der Waals surface area contributed by atoms with Gasteiger partial charge in [0.05, 0.1) is 6.61 Å². The lowest BCUT2D eigenvalue weighted by atomic mass is 10.1. The van der Waals surface area contributed by atoms with E-state index in [1.165, 1.54) is 0 Å². The average Bonchev–Trinajstić information content (AvgIpc) is 2.10. The molecule has 0 fully saturated rings. The Labute approximate surface area is 89.0 Å². The van der Waals surface area contributed by atoms with Crippen LogP contribution in [0.5, 0.6) is 0 Å². The zero-order valence-electron chi connectivity index (χ0n) is 9.15. The van der Waals surface area contributed by atoms with E-state index in [1.54, 1.807) is 0 Å². The molecule has 0 aromatic carbocycles. The number of nitrogens with two attached hydrogens (primary N) is 1. The van der Waals surface area contributed by atoms with Gasteiger partial charge in [0.25, 0.3) is 0 Å². The second kappa shape index (κ2) is 7.93. The predicted molar refractivity (Wildman–Crippen MR) is 53.6 cm³/mol. The molecule has 0 aromatic rings. The van der Waals surface area contributed by atoms with E-state index in [0.717, 1.165) is 32.1 Å². The van der Waals surface area contributed by atoms with E-state index in [4.69, 9.17) is 5.73 Å². The van der Waals surface area contributed by atoms with E-state index in [1.807, 2.05) is 0 Å². The van der Waals surface area contributed by atoms with Gasteiger partial charge in [0.1, 0.15) is 6.61 Å². The van der Waals surface area contributed by atoms with Crippen LogP contribution in [0.2, 0.25) is 0 Å². The normalized spacial score (nSPS) is 14.2. The van der Waals surface area contributed by atoms with Crippen LogP contribution in [0.1, 0.15) is 39.0 Å². The van der Waals surface area contributed by atoms with Crippen molar-refractivity contribution in [3.63, 3.8) is 0 Å². The lowest BCUT2D eigenvalue weighted by Gasteiger charge is -2.13. The average molecular weight is 227 g/mol. The number of alkyl halides is 3. The second-order valence-corrected chi connectivity index (χ2v) is 3.74. The van der Waals surface area contributed by atoms with Crippen molar-refractivity contribution in [2.24, 2.45) is 5.73 Å². The molecule has 0 amide bonds. The zero-order valence-corrected chi connectivity index (χ0v) is 9.15. The molecule has 0 saturated heterocycles. The molecule has 2 nitrogen and oxygen atoms in total. The summed E-state index contributed by atoms with van der Waals surface area (Å²) < 4.78 is 39.5. The van der Waals surface area contributed by atoms with Gasteiger partial charge in [0.2, 0.25) is 0 Å². The number of unbranched alkanes of at least 4 members (excludes halogenated alkanes) is 3. The van der Waals surface area contributed by atoms with E-state index >= 15 is 0 Å². The summed E-state index contributed by atoms with van der Waals surface area (Å²) in [5.74, 6) is 0. The predicted octanol–water partition coefficient (Wildman–Crippen LogP) is 2.86. The number of rotatable bonds is 8. The highest BCUT2D eigenvalue weighted by Gasteiger charge is 2.27. The minimum atomic E-state index is -4.25. The van der Waals surface area contributed by atoms with Crippen molar-refractivity contribution < 1.29 is 17.9 Å². The molecule has 0 aliphatic carbocycles. The number of hydrogen-bond donors (Lipinski definition) is 1. The topological polar surface area (TPSA) is 35.2 Å². The summed E-state index contributed by atoms with van der Waals surface area (Å²) in [6, 6.07) is -0.274. The number of ether oxygens (including phenoxy) is 1. The Morgan fingerprint density at radius 1 is 1.20 bits per heavy atom. The first kappa shape index (κ1) is 14.7. The summed E-state index contributed by atoms with van der Waals surface area (Å²) in [5, 5.41) is 0. The van der Waals surface area contributed by atoms with Crippen LogP contribution < -0.4 is 5.73 Å². The Morgan fingerprint density at radius 2 is 1.87 bits per heavy atom. The van der Waals surface area contributed by atoms with Crippen LogP contribution in [0.15, 0.2) is 0 Å². The van der Waals surface area contributed by atoms with Gasteiger partial charge in [-0.3, -0.25) is 0 Å². The lowest BCUT2D eigenvalue weighted by molar-refractivity contribution is -0.174. The third-order valence-electron chi connectivity index (χ3n) is 2.03. The minimum Gasteiger partial charge on any atom is -0.370 e. The Balaban J connectivity index is 3.29. The Hall–Kier alpha value is -0.290. The Bertz CT molecular complexity index is 150. The zero-order chi connectivity index (χ0) is 11.7. The quantitative estimate of drug-likeness (QED) is 0.647. The highest BCUT2D eigenvalue weighted by atomic mass is 19.4. The summed E-state index contributed by atoms with van der Waals surface area (Å²) in [6.07, 6.45) is 0.823. The van der Waals surface area contributed by atoms with Crippen LogP contribution >= 0.6 is 0 Å². The van der Waals surface area contributed by atoms with E-state index < -0.39 is 12.8 Å². The van der Waals surface area contributed by atoms with Gasteiger partial charge in [-0.25, -0.2) is 0 Å². The Kier molecular flexibility index (Phi) is 7.78. The van der Waals surface area contributed by atoms with Crippen molar-refractivity contribution in [1.82, 2.24) is 0 Å². The van der Waals surface area contributed by atoms with Gasteiger partial charge in [-0.15, -0.1) is 0 Å². The molecule has 92 valence electrons. The SMILES string of the molecule is CCCCCCC(N)COCC(F)(F)F. The first-order valence-corrected chi connectivity index (χ1v) is 5.35. The van der Waals surface area contributed by atoms with Gasteiger partial charge in [-0.1, -0.05) is 32.6 Å². The summed E-state index contributed by atoms with van der Waals surface area (Å²) in [6.45, 7) is 0.896. The van der Waals surface area contributed by atoms with E-state index in [2.05, 4.69) is 11.7 Å². The third-order valence-corrected chi connectivity index (χ3v) is 2.03. The molecule has 5 heteroatoms. The molecule has 1 atom stereocenters. The molecule has 2 N–H and O–H groups in total. The summed E-state index contributed by atoms with van der Waals surface area (Å²) in [5.41, 5.74) is 5.59. The maximum atomic E-state index is 11.7. The van der Waals surface area contributed by atoms with Crippen molar-refractivity contribution in [2.75, 3.05) is 13.2 Å². The summed E-state index contributed by atoms with van der Waals surface area (Å²) in [4.78, 5) is 0. The molecule has 0 bridgehead atoms. The van der Waals surface area contributed by atoms with Crippen LogP contribution in [0.3, 0.4) is 0 Å². The maximum absolute atomic E-state index is 11.7. The van der Waals surface area contributed by atoms with Crippen LogP contribution in [0, 0.1) is 0 Å². The van der Waals surface area contributed by atoms with E-state index in [-0.39, 0.29) is 12.6 Å². The van der Waals surface area contributed by atoms with Crippen molar-refractivity contribution >= 4 is 0 Å². The van der Waals surface area contributed by atoms with Gasteiger partial charge in [-0.05, 0) is 6.42 Å². The van der Waals surface area contributed by atoms with Crippen molar-refractivity contribution in [3.05, 3.63) is 0 Å². The molecule has 0 heterocycles. The fraction of sp³-hybridized carbons (Fsp3) is 1.00. The smallest absolute Gasteiger partial charge is 0.370 e. The van der Waals surface area contributed by atoms with Gasteiger partial charge < -0.3 is 10.5 Å². The monoisotopic (exact) mass is 227 g/mol. The van der Waals surface area contributed by atoms with Crippen molar-refractivity contribution in [1.29, 1.82) is 0 Å². The summed E-state index contributed by atoms with van der Waals surface area (Å²) >= 11 is 0. The van der Waals surface area contributed by atoms with Gasteiger partial charge >= 0.3 is 6.18 Å². The maximum Gasteiger partial charge on any atom is 0.411 e. The molecule has 0 aromatic heterocycles. The molecule has 0 spiro atoms. The molecule has 1 unspecified atom stereocenters. The van der Waals surface area contributed by atoms with Crippen LogP contribution in [-0.4, -0.2) is 25.4 Å². The first-order chi connectivity index (χ1) is 6.95. The standard InChI is InChI=1S/C10H20F3NO/c1-2-3-4-5-6-9(14)7-15-8-10(11,12)13/h9H,2-8,14H2,1H3. The highest BCUT2D eigenvalue weighted by molar-refractivity contribution is 4.60. The highest BCUT2D eigenvalue weighted by Crippen LogP contribution is 2.14. The molecular formula is C10H20F3NO.